The number of hydrogen-bond donors (Lipinski definition) is 1. The van der Waals surface area contributed by atoms with E-state index in [0.717, 1.165) is 12.5 Å². The first-order valence-electron chi connectivity index (χ1n) is 10.6. The Morgan fingerprint density at radius 1 is 0.867 bits per heavy atom. The first-order chi connectivity index (χ1) is 14.6. The lowest BCUT2D eigenvalue weighted by Gasteiger charge is -2.14. The normalized spacial score (nSPS) is 10.4. The van der Waals surface area contributed by atoms with E-state index in [1.165, 1.54) is 11.0 Å². The van der Waals surface area contributed by atoms with Gasteiger partial charge in [0.15, 0.2) is 0 Å². The average Bonchev–Trinajstić information content (AvgIpc) is 2.77. The third-order valence-electron chi connectivity index (χ3n) is 3.43. The number of allylic oxidation sites excluding steroid dienone is 1. The van der Waals surface area contributed by atoms with E-state index in [-0.39, 0.29) is 11.8 Å². The lowest BCUT2D eigenvalue weighted by molar-refractivity contribution is -0.125. The van der Waals surface area contributed by atoms with Gasteiger partial charge in [-0.3, -0.25) is 14.4 Å². The summed E-state index contributed by atoms with van der Waals surface area (Å²) in [5.74, 6) is -0.237. The third kappa shape index (κ3) is 22.5. The van der Waals surface area contributed by atoms with Gasteiger partial charge in [-0.1, -0.05) is 20.8 Å². The van der Waals surface area contributed by atoms with Crippen LogP contribution >= 0.6 is 0 Å². The summed E-state index contributed by atoms with van der Waals surface area (Å²) < 4.78 is 21.4. The Balaban J connectivity index is 0. The van der Waals surface area contributed by atoms with Crippen molar-refractivity contribution in [2.75, 3.05) is 73.0 Å². The molecule has 0 unspecified atom stereocenters. The van der Waals surface area contributed by atoms with E-state index in [9.17, 15) is 14.4 Å². The number of nitrogens with one attached hydrogen (secondary N) is 1. The van der Waals surface area contributed by atoms with E-state index >= 15 is 0 Å². The van der Waals surface area contributed by atoms with Gasteiger partial charge in [0, 0.05) is 32.6 Å². The molecule has 0 aromatic carbocycles. The summed E-state index contributed by atoms with van der Waals surface area (Å²) in [5.41, 5.74) is 0. The Morgan fingerprint density at radius 3 is 1.87 bits per heavy atom. The van der Waals surface area contributed by atoms with Gasteiger partial charge in [-0.05, 0) is 12.5 Å². The van der Waals surface area contributed by atoms with Gasteiger partial charge in [0.2, 0.25) is 11.8 Å². The number of hydrogen-bond acceptors (Lipinski definition) is 7. The highest BCUT2D eigenvalue weighted by molar-refractivity contribution is 5.90. The number of likely N-dealkylation sites (N-methyl/N-ethyl adjacent to an activating group) is 1. The van der Waals surface area contributed by atoms with Crippen LogP contribution in [-0.2, 0) is 33.3 Å². The Hall–Kier alpha value is -1.81. The van der Waals surface area contributed by atoms with Crippen molar-refractivity contribution < 1.29 is 33.3 Å². The number of aldehydes is 1. The molecule has 0 radical (unpaired) electrons. The third-order valence-corrected chi connectivity index (χ3v) is 3.43. The number of nitrogens with zero attached hydrogens (tertiary/aromatic N) is 1. The van der Waals surface area contributed by atoms with Gasteiger partial charge in [-0.2, -0.15) is 0 Å². The Labute approximate surface area is 181 Å². The second-order valence-electron chi connectivity index (χ2n) is 5.80. The SMILES string of the molecule is CC.CCCNC(=O)CCOCCOCCOCCOCCN(C)C(=O)/C=C\C=O. The van der Waals surface area contributed by atoms with Crippen molar-refractivity contribution in [3.05, 3.63) is 12.2 Å². The number of rotatable bonds is 19. The first-order valence-corrected chi connectivity index (χ1v) is 10.6. The highest BCUT2D eigenvalue weighted by Gasteiger charge is 2.03. The summed E-state index contributed by atoms with van der Waals surface area (Å²) in [6, 6.07) is 0. The van der Waals surface area contributed by atoms with Crippen LogP contribution in [0.15, 0.2) is 12.2 Å². The quantitative estimate of drug-likeness (QED) is 0.186. The molecule has 9 nitrogen and oxygen atoms in total. The minimum Gasteiger partial charge on any atom is -0.379 e. The van der Waals surface area contributed by atoms with Gasteiger partial charge in [0.05, 0.1) is 52.9 Å². The first kappa shape index (κ1) is 30.4. The van der Waals surface area contributed by atoms with Gasteiger partial charge in [0.25, 0.3) is 0 Å². The Kier molecular flexibility index (Phi) is 25.5. The molecule has 0 heterocycles. The molecule has 0 aliphatic carbocycles. The standard InChI is InChI=1S/C19H34N2O7.C2H6/c1-3-7-20-18(23)6-10-25-12-14-27-16-17-28-15-13-26-11-8-21(2)19(24)5-4-9-22;1-2/h4-5,9H,3,6-8,10-17H2,1-2H3,(H,20,23);1-2H3/b5-4-;. The van der Waals surface area contributed by atoms with Crippen molar-refractivity contribution in [3.8, 4) is 0 Å². The van der Waals surface area contributed by atoms with E-state index in [0.29, 0.717) is 78.7 Å². The van der Waals surface area contributed by atoms with Crippen molar-refractivity contribution in [1.82, 2.24) is 10.2 Å². The highest BCUT2D eigenvalue weighted by atomic mass is 16.6. The maximum atomic E-state index is 11.5. The number of amides is 2. The summed E-state index contributed by atoms with van der Waals surface area (Å²) in [6.45, 7) is 10.6. The minimum absolute atomic E-state index is 0.00590. The van der Waals surface area contributed by atoms with E-state index in [2.05, 4.69) is 5.32 Å². The van der Waals surface area contributed by atoms with Gasteiger partial charge >= 0.3 is 0 Å². The fourth-order valence-electron chi connectivity index (χ4n) is 1.84. The van der Waals surface area contributed by atoms with Crippen molar-refractivity contribution in [2.45, 2.75) is 33.6 Å². The summed E-state index contributed by atoms with van der Waals surface area (Å²) >= 11 is 0. The van der Waals surface area contributed by atoms with E-state index in [1.807, 2.05) is 20.8 Å². The van der Waals surface area contributed by atoms with Crippen LogP contribution in [0.2, 0.25) is 0 Å². The zero-order valence-electron chi connectivity index (χ0n) is 19.0. The predicted octanol–water partition coefficient (Wildman–Crippen LogP) is 1.21. The van der Waals surface area contributed by atoms with Crippen molar-refractivity contribution >= 4 is 18.1 Å². The second-order valence-corrected chi connectivity index (χ2v) is 5.80. The molecule has 0 atom stereocenters. The molecule has 0 aliphatic heterocycles. The van der Waals surface area contributed by atoms with Crippen LogP contribution in [0.4, 0.5) is 0 Å². The molecular formula is C21H40N2O7. The summed E-state index contributed by atoms with van der Waals surface area (Å²) in [5, 5.41) is 2.78. The fraction of sp³-hybridized carbons (Fsp3) is 0.762. The van der Waals surface area contributed by atoms with Crippen LogP contribution < -0.4 is 5.32 Å². The minimum atomic E-state index is -0.243. The zero-order valence-corrected chi connectivity index (χ0v) is 19.0. The van der Waals surface area contributed by atoms with Crippen molar-refractivity contribution in [3.63, 3.8) is 0 Å². The summed E-state index contributed by atoms with van der Waals surface area (Å²) in [4.78, 5) is 34.4. The van der Waals surface area contributed by atoms with Crippen LogP contribution in [0.5, 0.6) is 0 Å². The van der Waals surface area contributed by atoms with Crippen LogP contribution in [0.25, 0.3) is 0 Å². The molecule has 0 saturated carbocycles. The largest absolute Gasteiger partial charge is 0.379 e. The van der Waals surface area contributed by atoms with Crippen LogP contribution in [0, 0.1) is 0 Å². The van der Waals surface area contributed by atoms with Crippen LogP contribution in [0.1, 0.15) is 33.6 Å². The smallest absolute Gasteiger partial charge is 0.246 e. The molecule has 0 fully saturated rings. The fourth-order valence-corrected chi connectivity index (χ4v) is 1.84. The molecule has 0 bridgehead atoms. The van der Waals surface area contributed by atoms with Gasteiger partial charge in [-0.15, -0.1) is 0 Å². The van der Waals surface area contributed by atoms with Gasteiger partial charge < -0.3 is 29.2 Å². The van der Waals surface area contributed by atoms with Gasteiger partial charge in [0.1, 0.15) is 6.29 Å². The van der Waals surface area contributed by atoms with Crippen molar-refractivity contribution in [1.29, 1.82) is 0 Å². The molecule has 0 aromatic rings. The van der Waals surface area contributed by atoms with Crippen LogP contribution in [0.3, 0.4) is 0 Å². The molecule has 0 spiro atoms. The number of carbonyl (C=O) groups is 3. The van der Waals surface area contributed by atoms with Gasteiger partial charge in [-0.25, -0.2) is 0 Å². The molecule has 2 amide bonds. The summed E-state index contributed by atoms with van der Waals surface area (Å²) in [6.07, 6.45) is 4.22. The van der Waals surface area contributed by atoms with E-state index in [1.54, 1.807) is 7.05 Å². The summed E-state index contributed by atoms with van der Waals surface area (Å²) in [7, 11) is 1.64. The topological polar surface area (TPSA) is 103 Å². The molecule has 176 valence electrons. The average molecular weight is 433 g/mol. The highest BCUT2D eigenvalue weighted by Crippen LogP contribution is 1.89. The zero-order chi connectivity index (χ0) is 22.9. The lowest BCUT2D eigenvalue weighted by atomic mass is 10.4. The molecule has 30 heavy (non-hydrogen) atoms. The Bertz CT molecular complexity index is 445. The van der Waals surface area contributed by atoms with E-state index < -0.39 is 0 Å². The lowest BCUT2D eigenvalue weighted by Crippen LogP contribution is -2.29. The molecular weight excluding hydrogens is 392 g/mol. The molecule has 9 heteroatoms. The molecule has 1 N–H and O–H groups in total. The predicted molar refractivity (Wildman–Crippen MR) is 115 cm³/mol. The molecule has 0 saturated heterocycles. The molecule has 0 aliphatic rings. The molecule has 0 aromatic heterocycles. The maximum Gasteiger partial charge on any atom is 0.246 e. The number of ether oxygens (including phenoxy) is 4. The monoisotopic (exact) mass is 432 g/mol. The second kappa shape index (κ2) is 25.2. The Morgan fingerprint density at radius 2 is 1.37 bits per heavy atom. The number of carbonyl (C=O) groups excluding carboxylic acids is 3. The van der Waals surface area contributed by atoms with Crippen LogP contribution in [-0.4, -0.2) is 96.0 Å². The maximum absolute atomic E-state index is 11.5. The molecule has 0 rings (SSSR count). The van der Waals surface area contributed by atoms with E-state index in [4.69, 9.17) is 18.9 Å². The van der Waals surface area contributed by atoms with Crippen molar-refractivity contribution in [2.24, 2.45) is 0 Å².